The first-order chi connectivity index (χ1) is 22.4. The maximum absolute atomic E-state index is 16.6. The number of hydrogen-bond donors (Lipinski definition) is 0. The van der Waals surface area contributed by atoms with Crippen LogP contribution < -0.4 is 9.47 Å². The van der Waals surface area contributed by atoms with Crippen molar-refractivity contribution in [3.8, 4) is 45.3 Å². The van der Waals surface area contributed by atoms with E-state index in [4.69, 9.17) is 9.47 Å². The molecular weight excluding hydrogens is 567 g/mol. The SMILES string of the molecule is Cc1c(C(C)C)ccc(Oc2ccccc2)c1-c1cccc(CC(C)c2ccc(Oc3ccccc3)c(-c3ccccc3)c2F)c1. The summed E-state index contributed by atoms with van der Waals surface area (Å²) in [5.41, 5.74) is 7.74. The molecule has 0 heterocycles. The second kappa shape index (κ2) is 13.9. The highest BCUT2D eigenvalue weighted by molar-refractivity contribution is 5.76. The molecule has 0 aliphatic heterocycles. The topological polar surface area (TPSA) is 18.5 Å². The zero-order chi connectivity index (χ0) is 32.0. The first-order valence-corrected chi connectivity index (χ1v) is 16.0. The molecule has 0 radical (unpaired) electrons. The molecule has 46 heavy (non-hydrogen) atoms. The molecule has 6 rings (SSSR count). The fraction of sp³-hybridized carbons (Fsp3) is 0.163. The third kappa shape index (κ3) is 6.74. The summed E-state index contributed by atoms with van der Waals surface area (Å²) in [4.78, 5) is 0. The molecule has 2 nitrogen and oxygen atoms in total. The molecule has 1 unspecified atom stereocenters. The fourth-order valence-electron chi connectivity index (χ4n) is 6.23. The lowest BCUT2D eigenvalue weighted by molar-refractivity contribution is 0.477. The van der Waals surface area contributed by atoms with E-state index >= 15 is 4.39 Å². The van der Waals surface area contributed by atoms with Crippen molar-refractivity contribution in [3.05, 3.63) is 168 Å². The highest BCUT2D eigenvalue weighted by Gasteiger charge is 2.22. The average Bonchev–Trinajstić information content (AvgIpc) is 3.06. The van der Waals surface area contributed by atoms with E-state index in [1.807, 2.05) is 103 Å². The van der Waals surface area contributed by atoms with E-state index in [1.165, 1.54) is 11.1 Å². The van der Waals surface area contributed by atoms with Crippen LogP contribution in [0.3, 0.4) is 0 Å². The molecule has 1 atom stereocenters. The van der Waals surface area contributed by atoms with Crippen LogP contribution in [0.2, 0.25) is 0 Å². The molecule has 0 bridgehead atoms. The quantitative estimate of drug-likeness (QED) is 0.154. The third-order valence-corrected chi connectivity index (χ3v) is 8.52. The minimum Gasteiger partial charge on any atom is -0.457 e. The van der Waals surface area contributed by atoms with Crippen molar-refractivity contribution >= 4 is 0 Å². The number of halogens is 1. The molecule has 6 aromatic carbocycles. The Bertz CT molecular complexity index is 1910. The zero-order valence-corrected chi connectivity index (χ0v) is 26.8. The third-order valence-electron chi connectivity index (χ3n) is 8.52. The van der Waals surface area contributed by atoms with E-state index in [-0.39, 0.29) is 11.7 Å². The highest BCUT2D eigenvalue weighted by atomic mass is 19.1. The molecule has 0 saturated carbocycles. The van der Waals surface area contributed by atoms with Crippen LogP contribution in [0.15, 0.2) is 140 Å². The highest BCUT2D eigenvalue weighted by Crippen LogP contribution is 2.42. The van der Waals surface area contributed by atoms with Crippen molar-refractivity contribution in [1.29, 1.82) is 0 Å². The number of ether oxygens (including phenoxy) is 2. The standard InChI is InChI=1S/C43H39FO2/c1-29(2)37-23-25-39(45-35-19-10-6-11-20-35)41(31(37)4)34-18-14-15-32(28-34)27-30(3)38-24-26-40(46-36-21-12-7-13-22-36)42(43(38)44)33-16-8-5-9-17-33/h5-26,28-30H,27H2,1-4H3. The van der Waals surface area contributed by atoms with Gasteiger partial charge in [0.1, 0.15) is 28.8 Å². The molecule has 0 aliphatic rings. The van der Waals surface area contributed by atoms with Gasteiger partial charge in [0.15, 0.2) is 0 Å². The van der Waals surface area contributed by atoms with Gasteiger partial charge in [0, 0.05) is 5.56 Å². The second-order valence-corrected chi connectivity index (χ2v) is 12.2. The smallest absolute Gasteiger partial charge is 0.138 e. The van der Waals surface area contributed by atoms with E-state index in [1.54, 1.807) is 0 Å². The van der Waals surface area contributed by atoms with Gasteiger partial charge in [-0.2, -0.15) is 0 Å². The van der Waals surface area contributed by atoms with Crippen molar-refractivity contribution in [2.75, 3.05) is 0 Å². The van der Waals surface area contributed by atoms with Gasteiger partial charge < -0.3 is 9.47 Å². The van der Waals surface area contributed by atoms with Gasteiger partial charge >= 0.3 is 0 Å². The molecule has 0 fully saturated rings. The van der Waals surface area contributed by atoms with E-state index in [2.05, 4.69) is 64.1 Å². The molecule has 0 aromatic heterocycles. The summed E-state index contributed by atoms with van der Waals surface area (Å²) in [7, 11) is 0. The molecule has 6 aromatic rings. The van der Waals surface area contributed by atoms with E-state index < -0.39 is 0 Å². The molecule has 230 valence electrons. The number of para-hydroxylation sites is 2. The summed E-state index contributed by atoms with van der Waals surface area (Å²) >= 11 is 0. The van der Waals surface area contributed by atoms with E-state index in [9.17, 15) is 0 Å². The maximum atomic E-state index is 16.6. The van der Waals surface area contributed by atoms with Crippen LogP contribution in [-0.2, 0) is 6.42 Å². The van der Waals surface area contributed by atoms with Gasteiger partial charge in [0.05, 0.1) is 5.56 Å². The number of hydrogen-bond acceptors (Lipinski definition) is 2. The predicted octanol–water partition coefficient (Wildman–Crippen LogP) is 12.5. The Hall–Kier alpha value is -5.15. The molecule has 3 heteroatoms. The largest absolute Gasteiger partial charge is 0.457 e. The van der Waals surface area contributed by atoms with Crippen LogP contribution in [0.25, 0.3) is 22.3 Å². The lowest BCUT2D eigenvalue weighted by atomic mass is 9.87. The molecule has 0 saturated heterocycles. The van der Waals surface area contributed by atoms with Crippen molar-refractivity contribution < 1.29 is 13.9 Å². The van der Waals surface area contributed by atoms with Gasteiger partial charge in [-0.25, -0.2) is 4.39 Å². The zero-order valence-electron chi connectivity index (χ0n) is 26.8. The van der Waals surface area contributed by atoms with Gasteiger partial charge in [0.25, 0.3) is 0 Å². The number of benzene rings is 6. The molecule has 0 aliphatic carbocycles. The second-order valence-electron chi connectivity index (χ2n) is 12.2. The fourth-order valence-corrected chi connectivity index (χ4v) is 6.23. The Balaban J connectivity index is 1.35. The van der Waals surface area contributed by atoms with Crippen LogP contribution in [-0.4, -0.2) is 0 Å². The minimum atomic E-state index is -0.248. The Labute approximate surface area is 272 Å². The molecule has 0 N–H and O–H groups in total. The number of rotatable bonds is 10. The van der Waals surface area contributed by atoms with E-state index in [0.717, 1.165) is 33.8 Å². The van der Waals surface area contributed by atoms with Crippen molar-refractivity contribution in [2.24, 2.45) is 0 Å². The minimum absolute atomic E-state index is 0.0772. The summed E-state index contributed by atoms with van der Waals surface area (Å²) < 4.78 is 29.2. The van der Waals surface area contributed by atoms with Crippen LogP contribution in [0.4, 0.5) is 4.39 Å². The first kappa shape index (κ1) is 30.9. The van der Waals surface area contributed by atoms with Crippen LogP contribution in [0, 0.1) is 12.7 Å². The van der Waals surface area contributed by atoms with Gasteiger partial charge in [0.2, 0.25) is 0 Å². The van der Waals surface area contributed by atoms with Gasteiger partial charge in [-0.3, -0.25) is 0 Å². The normalized spacial score (nSPS) is 11.8. The Morgan fingerprint density at radius 1 is 0.543 bits per heavy atom. The van der Waals surface area contributed by atoms with Crippen molar-refractivity contribution in [1.82, 2.24) is 0 Å². The predicted molar refractivity (Wildman–Crippen MR) is 188 cm³/mol. The summed E-state index contributed by atoms with van der Waals surface area (Å²) in [5.74, 6) is 2.85. The summed E-state index contributed by atoms with van der Waals surface area (Å²) in [6.45, 7) is 8.70. The van der Waals surface area contributed by atoms with Crippen LogP contribution in [0.5, 0.6) is 23.0 Å². The van der Waals surface area contributed by atoms with Crippen molar-refractivity contribution in [3.63, 3.8) is 0 Å². The molecular formula is C43H39FO2. The lowest BCUT2D eigenvalue weighted by Gasteiger charge is -2.21. The Morgan fingerprint density at radius 3 is 1.65 bits per heavy atom. The van der Waals surface area contributed by atoms with Crippen molar-refractivity contribution in [2.45, 2.75) is 46.0 Å². The van der Waals surface area contributed by atoms with Gasteiger partial charge in [-0.1, -0.05) is 124 Å². The summed E-state index contributed by atoms with van der Waals surface area (Å²) in [6.07, 6.45) is 0.676. The monoisotopic (exact) mass is 606 g/mol. The van der Waals surface area contributed by atoms with Gasteiger partial charge in [-0.05, 0) is 95.0 Å². The van der Waals surface area contributed by atoms with E-state index in [0.29, 0.717) is 35.0 Å². The van der Waals surface area contributed by atoms with Crippen LogP contribution in [0.1, 0.15) is 54.9 Å². The first-order valence-electron chi connectivity index (χ1n) is 16.0. The Morgan fingerprint density at radius 2 is 1.07 bits per heavy atom. The Kier molecular flexibility index (Phi) is 9.30. The lowest BCUT2D eigenvalue weighted by Crippen LogP contribution is -2.04. The molecule has 0 amide bonds. The average molecular weight is 607 g/mol. The summed E-state index contributed by atoms with van der Waals surface area (Å²) in [6, 6.07) is 45.7. The van der Waals surface area contributed by atoms with Crippen LogP contribution >= 0.6 is 0 Å². The van der Waals surface area contributed by atoms with Gasteiger partial charge in [-0.15, -0.1) is 0 Å². The molecule has 0 spiro atoms. The maximum Gasteiger partial charge on any atom is 0.138 e. The summed E-state index contributed by atoms with van der Waals surface area (Å²) in [5, 5.41) is 0.